The number of aromatic nitrogens is 2. The van der Waals surface area contributed by atoms with E-state index in [1.807, 2.05) is 6.92 Å². The highest BCUT2D eigenvalue weighted by molar-refractivity contribution is 5.53. The lowest BCUT2D eigenvalue weighted by molar-refractivity contribution is 0.612. The van der Waals surface area contributed by atoms with Gasteiger partial charge in [-0.1, -0.05) is 24.3 Å². The zero-order valence-electron chi connectivity index (χ0n) is 12.6. The normalized spacial score (nSPS) is 18.0. The Balaban J connectivity index is 2.05. The third kappa shape index (κ3) is 2.07. The highest BCUT2D eigenvalue weighted by atomic mass is 15.2. The molecular weight excluding hydrogens is 246 g/mol. The lowest BCUT2D eigenvalue weighted by atomic mass is 9.93. The Morgan fingerprint density at radius 1 is 1.10 bits per heavy atom. The summed E-state index contributed by atoms with van der Waals surface area (Å²) in [6.45, 7) is 9.45. The van der Waals surface area contributed by atoms with E-state index in [1.54, 1.807) is 0 Å². The van der Waals surface area contributed by atoms with Crippen LogP contribution in [-0.2, 0) is 6.42 Å². The number of anilines is 1. The molecule has 0 fully saturated rings. The summed E-state index contributed by atoms with van der Waals surface area (Å²) < 4.78 is 0. The van der Waals surface area contributed by atoms with Crippen molar-refractivity contribution in [3.05, 3.63) is 52.5 Å². The van der Waals surface area contributed by atoms with Crippen LogP contribution < -0.4 is 4.90 Å². The average Bonchev–Trinajstić information content (AvgIpc) is 2.44. The van der Waals surface area contributed by atoms with E-state index in [9.17, 15) is 0 Å². The van der Waals surface area contributed by atoms with Crippen molar-refractivity contribution in [2.75, 3.05) is 11.4 Å². The van der Waals surface area contributed by atoms with Gasteiger partial charge in [0.15, 0.2) is 0 Å². The summed E-state index contributed by atoms with van der Waals surface area (Å²) in [6.07, 6.45) is 1.09. The summed E-state index contributed by atoms with van der Waals surface area (Å²) in [5, 5.41) is 0. The van der Waals surface area contributed by atoms with Crippen LogP contribution in [0.3, 0.4) is 0 Å². The highest BCUT2D eigenvalue weighted by Crippen LogP contribution is 2.34. The Labute approximate surface area is 120 Å². The molecule has 0 saturated heterocycles. The van der Waals surface area contributed by atoms with Crippen LogP contribution in [0.15, 0.2) is 24.3 Å². The van der Waals surface area contributed by atoms with Crippen molar-refractivity contribution < 1.29 is 0 Å². The maximum absolute atomic E-state index is 4.70. The van der Waals surface area contributed by atoms with Gasteiger partial charge >= 0.3 is 0 Å². The zero-order chi connectivity index (χ0) is 14.3. The van der Waals surface area contributed by atoms with E-state index in [1.165, 1.54) is 16.7 Å². The predicted molar refractivity (Wildman–Crippen MR) is 82.2 cm³/mol. The van der Waals surface area contributed by atoms with Crippen LogP contribution in [0.5, 0.6) is 0 Å². The van der Waals surface area contributed by atoms with Crippen molar-refractivity contribution >= 4 is 5.82 Å². The van der Waals surface area contributed by atoms with Gasteiger partial charge in [0.25, 0.3) is 0 Å². The molecule has 1 aliphatic heterocycles. The first-order valence-electron chi connectivity index (χ1n) is 7.24. The molecule has 3 heteroatoms. The monoisotopic (exact) mass is 267 g/mol. The molecule has 1 unspecified atom stereocenters. The van der Waals surface area contributed by atoms with E-state index in [0.717, 1.165) is 30.3 Å². The summed E-state index contributed by atoms with van der Waals surface area (Å²) in [5.74, 6) is 1.95. The van der Waals surface area contributed by atoms with Crippen LogP contribution in [0.1, 0.15) is 41.2 Å². The first-order chi connectivity index (χ1) is 9.58. The average molecular weight is 267 g/mol. The van der Waals surface area contributed by atoms with E-state index in [4.69, 9.17) is 4.98 Å². The van der Waals surface area contributed by atoms with E-state index >= 15 is 0 Å². The number of fused-ring (bicyclic) bond motifs is 1. The van der Waals surface area contributed by atoms with Gasteiger partial charge in [0, 0.05) is 17.8 Å². The number of hydrogen-bond donors (Lipinski definition) is 0. The Morgan fingerprint density at radius 2 is 1.85 bits per heavy atom. The number of nitrogens with zero attached hydrogens (tertiary/aromatic N) is 3. The number of aryl methyl sites for hydroxylation is 2. The minimum absolute atomic E-state index is 0.368. The minimum Gasteiger partial charge on any atom is -0.349 e. The third-order valence-electron chi connectivity index (χ3n) is 4.34. The Hall–Kier alpha value is -1.90. The Morgan fingerprint density at radius 3 is 2.65 bits per heavy atom. The first-order valence-corrected chi connectivity index (χ1v) is 7.24. The molecule has 1 atom stereocenters. The van der Waals surface area contributed by atoms with E-state index in [2.05, 4.69) is 54.9 Å². The molecule has 0 radical (unpaired) electrons. The maximum atomic E-state index is 4.70. The van der Waals surface area contributed by atoms with Gasteiger partial charge in [0.05, 0.1) is 6.04 Å². The largest absolute Gasteiger partial charge is 0.349 e. The molecular formula is C17H21N3. The molecule has 0 aliphatic carbocycles. The lowest BCUT2D eigenvalue weighted by Crippen LogP contribution is -2.35. The molecule has 0 amide bonds. The third-order valence-corrected chi connectivity index (χ3v) is 4.34. The van der Waals surface area contributed by atoms with Crippen molar-refractivity contribution in [2.45, 2.75) is 40.2 Å². The molecule has 2 heterocycles. The number of benzene rings is 1. The summed E-state index contributed by atoms with van der Waals surface area (Å²) in [4.78, 5) is 11.6. The van der Waals surface area contributed by atoms with Crippen LogP contribution in [0.2, 0.25) is 0 Å². The molecule has 0 spiro atoms. The summed E-state index contributed by atoms with van der Waals surface area (Å²) in [6, 6.07) is 9.11. The van der Waals surface area contributed by atoms with Gasteiger partial charge in [-0.2, -0.15) is 0 Å². The van der Waals surface area contributed by atoms with Gasteiger partial charge in [-0.05, 0) is 45.2 Å². The fourth-order valence-corrected chi connectivity index (χ4v) is 3.09. The number of hydrogen-bond acceptors (Lipinski definition) is 3. The highest BCUT2D eigenvalue weighted by Gasteiger charge is 2.26. The summed E-state index contributed by atoms with van der Waals surface area (Å²) in [5.41, 5.74) is 5.17. The second kappa shape index (κ2) is 4.89. The Bertz CT molecular complexity index is 649. The summed E-state index contributed by atoms with van der Waals surface area (Å²) in [7, 11) is 0. The number of rotatable bonds is 1. The molecule has 1 aliphatic rings. The van der Waals surface area contributed by atoms with Gasteiger partial charge in [-0.15, -0.1) is 0 Å². The minimum atomic E-state index is 0.368. The molecule has 1 aromatic heterocycles. The Kier molecular flexibility index (Phi) is 3.20. The van der Waals surface area contributed by atoms with Gasteiger partial charge < -0.3 is 4.90 Å². The molecule has 2 aromatic rings. The molecule has 104 valence electrons. The first kappa shape index (κ1) is 13.1. The fourth-order valence-electron chi connectivity index (χ4n) is 3.09. The van der Waals surface area contributed by atoms with Gasteiger partial charge in [-0.25, -0.2) is 9.97 Å². The SMILES string of the molecule is Cc1nc(C)c(C)c(N2CCc3ccccc3C2C)n1. The van der Waals surface area contributed by atoms with Crippen molar-refractivity contribution in [3.8, 4) is 0 Å². The molecule has 3 nitrogen and oxygen atoms in total. The van der Waals surface area contributed by atoms with Crippen LogP contribution in [0, 0.1) is 20.8 Å². The lowest BCUT2D eigenvalue weighted by Gasteiger charge is -2.37. The molecule has 0 saturated carbocycles. The van der Waals surface area contributed by atoms with Crippen LogP contribution >= 0.6 is 0 Å². The van der Waals surface area contributed by atoms with Crippen molar-refractivity contribution in [3.63, 3.8) is 0 Å². The van der Waals surface area contributed by atoms with Crippen molar-refractivity contribution in [2.24, 2.45) is 0 Å². The van der Waals surface area contributed by atoms with E-state index in [0.29, 0.717) is 6.04 Å². The second-order valence-electron chi connectivity index (χ2n) is 5.62. The van der Waals surface area contributed by atoms with Crippen LogP contribution in [-0.4, -0.2) is 16.5 Å². The molecule has 3 rings (SSSR count). The van der Waals surface area contributed by atoms with Crippen LogP contribution in [0.4, 0.5) is 5.82 Å². The maximum Gasteiger partial charge on any atom is 0.135 e. The predicted octanol–water partition coefficient (Wildman–Crippen LogP) is 3.53. The van der Waals surface area contributed by atoms with Crippen molar-refractivity contribution in [1.29, 1.82) is 0 Å². The molecule has 20 heavy (non-hydrogen) atoms. The van der Waals surface area contributed by atoms with Gasteiger partial charge in [0.1, 0.15) is 11.6 Å². The second-order valence-corrected chi connectivity index (χ2v) is 5.62. The van der Waals surface area contributed by atoms with E-state index in [-0.39, 0.29) is 0 Å². The smallest absolute Gasteiger partial charge is 0.135 e. The van der Waals surface area contributed by atoms with Crippen molar-refractivity contribution in [1.82, 2.24) is 9.97 Å². The standard InChI is InChI=1S/C17H21N3/c1-11-12(2)18-14(4)19-17(11)20-10-9-15-7-5-6-8-16(15)13(20)3/h5-8,13H,9-10H2,1-4H3. The van der Waals surface area contributed by atoms with E-state index < -0.39 is 0 Å². The summed E-state index contributed by atoms with van der Waals surface area (Å²) >= 11 is 0. The molecule has 1 aromatic carbocycles. The fraction of sp³-hybridized carbons (Fsp3) is 0.412. The molecule has 0 bridgehead atoms. The zero-order valence-corrected chi connectivity index (χ0v) is 12.6. The van der Waals surface area contributed by atoms with Crippen LogP contribution in [0.25, 0.3) is 0 Å². The van der Waals surface area contributed by atoms with Gasteiger partial charge in [0.2, 0.25) is 0 Å². The quantitative estimate of drug-likeness (QED) is 0.791. The van der Waals surface area contributed by atoms with Gasteiger partial charge in [-0.3, -0.25) is 0 Å². The topological polar surface area (TPSA) is 29.0 Å². The molecule has 0 N–H and O–H groups in total.